The number of rotatable bonds is 6. The summed E-state index contributed by atoms with van der Waals surface area (Å²) in [7, 11) is 0. The normalized spacial score (nSPS) is 13.3. The first kappa shape index (κ1) is 13.0. The second-order valence-electron chi connectivity index (χ2n) is 4.08. The molecule has 0 radical (unpaired) electrons. The molecule has 0 aliphatic carbocycles. The highest BCUT2D eigenvalue weighted by Crippen LogP contribution is 2.14. The Balaban J connectivity index is 4.03. The first-order chi connectivity index (χ1) is 6.44. The summed E-state index contributed by atoms with van der Waals surface area (Å²) in [6.07, 6.45) is 6.76. The first-order valence-electron chi connectivity index (χ1n) is 4.84. The molecule has 0 aliphatic heterocycles. The number of terminal acetylenes is 1. The van der Waals surface area contributed by atoms with Crippen LogP contribution in [0.3, 0.4) is 0 Å². The van der Waals surface area contributed by atoms with Crippen LogP contribution < -0.4 is 5.32 Å². The smallest absolute Gasteiger partial charge is 0.310 e. The minimum absolute atomic E-state index is 0.221. The summed E-state index contributed by atoms with van der Waals surface area (Å²) in [5.41, 5.74) is -0.734. The number of hydrogen-bond donors (Lipinski definition) is 2. The van der Waals surface area contributed by atoms with Crippen molar-refractivity contribution in [3.63, 3.8) is 0 Å². The summed E-state index contributed by atoms with van der Waals surface area (Å²) in [5.74, 6) is 1.78. The molecule has 0 heterocycles. The first-order valence-corrected chi connectivity index (χ1v) is 4.84. The molecule has 14 heavy (non-hydrogen) atoms. The molecule has 80 valence electrons. The van der Waals surface area contributed by atoms with Gasteiger partial charge in [0.1, 0.15) is 0 Å². The molecule has 0 saturated carbocycles. The Morgan fingerprint density at radius 2 is 2.21 bits per heavy atom. The van der Waals surface area contributed by atoms with Crippen LogP contribution in [0.25, 0.3) is 0 Å². The molecule has 0 aromatic heterocycles. The van der Waals surface area contributed by atoms with Crippen molar-refractivity contribution in [3.05, 3.63) is 0 Å². The summed E-state index contributed by atoms with van der Waals surface area (Å²) in [6, 6.07) is 0.221. The third-order valence-electron chi connectivity index (χ3n) is 2.27. The molecule has 0 saturated heterocycles. The summed E-state index contributed by atoms with van der Waals surface area (Å²) < 4.78 is 0. The molecular weight excluding hydrogens is 178 g/mol. The summed E-state index contributed by atoms with van der Waals surface area (Å²) in [5, 5.41) is 12.0. The fraction of sp³-hybridized carbons (Fsp3) is 0.727. The van der Waals surface area contributed by atoms with E-state index in [1.54, 1.807) is 13.8 Å². The van der Waals surface area contributed by atoms with E-state index in [9.17, 15) is 4.79 Å². The second kappa shape index (κ2) is 5.66. The number of nitrogens with one attached hydrogen (secondary N) is 1. The van der Waals surface area contributed by atoms with Crippen LogP contribution in [-0.4, -0.2) is 23.7 Å². The van der Waals surface area contributed by atoms with Crippen molar-refractivity contribution >= 4 is 5.97 Å². The molecule has 0 fully saturated rings. The monoisotopic (exact) mass is 197 g/mol. The second-order valence-corrected chi connectivity index (χ2v) is 4.08. The highest BCUT2D eigenvalue weighted by molar-refractivity contribution is 5.73. The van der Waals surface area contributed by atoms with E-state index in [1.165, 1.54) is 0 Å². The Hall–Kier alpha value is -1.01. The highest BCUT2D eigenvalue weighted by Gasteiger charge is 2.27. The van der Waals surface area contributed by atoms with Crippen molar-refractivity contribution in [2.75, 3.05) is 6.54 Å². The van der Waals surface area contributed by atoms with E-state index in [0.717, 1.165) is 6.42 Å². The van der Waals surface area contributed by atoms with Gasteiger partial charge in [0.25, 0.3) is 0 Å². The molecule has 0 aromatic carbocycles. The van der Waals surface area contributed by atoms with Crippen molar-refractivity contribution < 1.29 is 9.90 Å². The number of carboxylic acid groups (broad SMARTS) is 1. The van der Waals surface area contributed by atoms with Crippen LogP contribution in [0.5, 0.6) is 0 Å². The van der Waals surface area contributed by atoms with Gasteiger partial charge in [-0.05, 0) is 20.3 Å². The van der Waals surface area contributed by atoms with Gasteiger partial charge in [-0.15, -0.1) is 12.3 Å². The van der Waals surface area contributed by atoms with Crippen LogP contribution in [-0.2, 0) is 4.79 Å². The van der Waals surface area contributed by atoms with Crippen LogP contribution in [0.4, 0.5) is 0 Å². The Morgan fingerprint density at radius 1 is 1.64 bits per heavy atom. The van der Waals surface area contributed by atoms with Crippen molar-refractivity contribution in [2.45, 2.75) is 39.7 Å². The lowest BCUT2D eigenvalue weighted by Gasteiger charge is -2.23. The molecule has 0 spiro atoms. The maximum Gasteiger partial charge on any atom is 0.310 e. The van der Waals surface area contributed by atoms with E-state index in [4.69, 9.17) is 11.5 Å². The molecule has 2 N–H and O–H groups in total. The summed E-state index contributed by atoms with van der Waals surface area (Å²) in [6.45, 7) is 5.88. The van der Waals surface area contributed by atoms with Gasteiger partial charge in [0.15, 0.2) is 0 Å². The van der Waals surface area contributed by atoms with E-state index in [2.05, 4.69) is 11.2 Å². The Labute approximate surface area is 85.9 Å². The predicted octanol–water partition coefficient (Wildman–Crippen LogP) is 1.49. The van der Waals surface area contributed by atoms with E-state index >= 15 is 0 Å². The van der Waals surface area contributed by atoms with Gasteiger partial charge < -0.3 is 10.4 Å². The fourth-order valence-corrected chi connectivity index (χ4v) is 0.978. The average molecular weight is 197 g/mol. The van der Waals surface area contributed by atoms with Crippen LogP contribution in [0.15, 0.2) is 0 Å². The van der Waals surface area contributed by atoms with Crippen molar-refractivity contribution in [3.8, 4) is 12.3 Å². The van der Waals surface area contributed by atoms with Crippen molar-refractivity contribution in [1.82, 2.24) is 5.32 Å². The SMILES string of the molecule is C#CCC(CC)NCC(C)(C)C(=O)O. The van der Waals surface area contributed by atoms with Crippen LogP contribution in [0, 0.1) is 17.8 Å². The molecular formula is C11H19NO2. The third-order valence-corrected chi connectivity index (χ3v) is 2.27. The van der Waals surface area contributed by atoms with Crippen molar-refractivity contribution in [1.29, 1.82) is 0 Å². The molecule has 1 unspecified atom stereocenters. The van der Waals surface area contributed by atoms with Crippen LogP contribution in [0.1, 0.15) is 33.6 Å². The zero-order chi connectivity index (χ0) is 11.2. The molecule has 0 aliphatic rings. The van der Waals surface area contributed by atoms with Gasteiger partial charge in [0, 0.05) is 19.0 Å². The third kappa shape index (κ3) is 4.29. The summed E-state index contributed by atoms with van der Waals surface area (Å²) in [4.78, 5) is 10.8. The van der Waals surface area contributed by atoms with Gasteiger partial charge in [-0.3, -0.25) is 4.79 Å². The van der Waals surface area contributed by atoms with Crippen molar-refractivity contribution in [2.24, 2.45) is 5.41 Å². The number of hydrogen-bond acceptors (Lipinski definition) is 2. The van der Waals surface area contributed by atoms with E-state index in [0.29, 0.717) is 13.0 Å². The predicted molar refractivity (Wildman–Crippen MR) is 56.9 cm³/mol. The fourth-order valence-electron chi connectivity index (χ4n) is 0.978. The lowest BCUT2D eigenvalue weighted by Crippen LogP contribution is -2.40. The van der Waals surface area contributed by atoms with Gasteiger partial charge >= 0.3 is 5.97 Å². The zero-order valence-corrected chi connectivity index (χ0v) is 9.13. The maximum absolute atomic E-state index is 10.8. The van der Waals surface area contributed by atoms with Gasteiger partial charge in [0.05, 0.1) is 5.41 Å². The number of aliphatic carboxylic acids is 1. The minimum atomic E-state index is -0.791. The highest BCUT2D eigenvalue weighted by atomic mass is 16.4. The van der Waals surface area contributed by atoms with Crippen LogP contribution >= 0.6 is 0 Å². The van der Waals surface area contributed by atoms with Gasteiger partial charge in [-0.1, -0.05) is 6.92 Å². The Bertz CT molecular complexity index is 228. The average Bonchev–Trinajstić information content (AvgIpc) is 2.12. The quantitative estimate of drug-likeness (QED) is 0.634. The number of carboxylic acids is 1. The Kier molecular flexibility index (Phi) is 5.26. The minimum Gasteiger partial charge on any atom is -0.481 e. The maximum atomic E-state index is 10.8. The zero-order valence-electron chi connectivity index (χ0n) is 9.13. The number of carbonyl (C=O) groups is 1. The van der Waals surface area contributed by atoms with E-state index in [-0.39, 0.29) is 6.04 Å². The standard InChI is InChI=1S/C11H19NO2/c1-5-7-9(6-2)12-8-11(3,4)10(13)14/h1,9,12H,6-8H2,2-4H3,(H,13,14). The molecule has 3 heteroatoms. The van der Waals surface area contributed by atoms with Crippen LogP contribution in [0.2, 0.25) is 0 Å². The largest absolute Gasteiger partial charge is 0.481 e. The molecule has 0 amide bonds. The lowest BCUT2D eigenvalue weighted by molar-refractivity contribution is -0.146. The Morgan fingerprint density at radius 3 is 2.57 bits per heavy atom. The molecule has 0 aromatic rings. The molecule has 0 bridgehead atoms. The van der Waals surface area contributed by atoms with Gasteiger partial charge in [-0.2, -0.15) is 0 Å². The topological polar surface area (TPSA) is 49.3 Å². The van der Waals surface area contributed by atoms with E-state index < -0.39 is 11.4 Å². The molecule has 1 atom stereocenters. The molecule has 3 nitrogen and oxygen atoms in total. The summed E-state index contributed by atoms with van der Waals surface area (Å²) >= 11 is 0. The lowest BCUT2D eigenvalue weighted by atomic mass is 9.93. The van der Waals surface area contributed by atoms with Gasteiger partial charge in [-0.25, -0.2) is 0 Å². The molecule has 0 rings (SSSR count). The van der Waals surface area contributed by atoms with Gasteiger partial charge in [0.2, 0.25) is 0 Å². The van der Waals surface area contributed by atoms with E-state index in [1.807, 2.05) is 6.92 Å².